The number of nitrogens with one attached hydrogen (secondary N) is 2. The zero-order chi connectivity index (χ0) is 18.4. The first kappa shape index (κ1) is 19.5. The Bertz CT molecular complexity index is 799. The van der Waals surface area contributed by atoms with Gasteiger partial charge in [-0.05, 0) is 61.1 Å². The van der Waals surface area contributed by atoms with Crippen LogP contribution in [-0.2, 0) is 0 Å². The molecule has 0 heterocycles. The minimum absolute atomic E-state index is 0.0214. The van der Waals surface area contributed by atoms with Gasteiger partial charge in [0.05, 0.1) is 4.92 Å². The first-order valence-corrected chi connectivity index (χ1v) is 9.43. The fourth-order valence-electron chi connectivity index (χ4n) is 2.04. The van der Waals surface area contributed by atoms with Crippen molar-refractivity contribution < 1.29 is 4.92 Å². The van der Waals surface area contributed by atoms with Gasteiger partial charge in [0, 0.05) is 21.7 Å². The third kappa shape index (κ3) is 5.59. The van der Waals surface area contributed by atoms with Crippen LogP contribution in [0.25, 0.3) is 0 Å². The van der Waals surface area contributed by atoms with E-state index < -0.39 is 4.92 Å². The molecule has 0 atom stereocenters. The van der Waals surface area contributed by atoms with Crippen LogP contribution in [0.4, 0.5) is 17.1 Å². The Morgan fingerprint density at radius 1 is 1.28 bits per heavy atom. The van der Waals surface area contributed by atoms with Gasteiger partial charge in [-0.2, -0.15) is 0 Å². The van der Waals surface area contributed by atoms with E-state index in [0.717, 1.165) is 22.6 Å². The van der Waals surface area contributed by atoms with Crippen molar-refractivity contribution in [3.8, 4) is 0 Å². The molecule has 8 heteroatoms. The van der Waals surface area contributed by atoms with Crippen LogP contribution in [0.3, 0.4) is 0 Å². The molecular formula is C17H18ClN3O2S2. The maximum absolute atomic E-state index is 11.2. The highest BCUT2D eigenvalue weighted by atomic mass is 35.5. The lowest BCUT2D eigenvalue weighted by molar-refractivity contribution is -0.383. The number of thioether (sulfide) groups is 1. The number of halogens is 1. The molecule has 0 aliphatic carbocycles. The molecule has 0 fully saturated rings. The van der Waals surface area contributed by atoms with Crippen LogP contribution < -0.4 is 10.6 Å². The molecule has 2 rings (SSSR count). The normalized spacial score (nSPS) is 10.4. The van der Waals surface area contributed by atoms with Crippen molar-refractivity contribution in [2.45, 2.75) is 25.2 Å². The van der Waals surface area contributed by atoms with Gasteiger partial charge in [-0.15, -0.1) is 11.8 Å². The summed E-state index contributed by atoms with van der Waals surface area (Å²) in [6, 6.07) is 10.5. The molecule has 2 aromatic rings. The molecule has 0 aromatic heterocycles. The number of aryl methyl sites for hydroxylation is 1. The number of rotatable bonds is 6. The van der Waals surface area contributed by atoms with E-state index in [1.54, 1.807) is 30.0 Å². The van der Waals surface area contributed by atoms with E-state index in [4.69, 9.17) is 23.8 Å². The van der Waals surface area contributed by atoms with Gasteiger partial charge in [-0.3, -0.25) is 10.1 Å². The number of hydrogen-bond acceptors (Lipinski definition) is 4. The average molecular weight is 396 g/mol. The molecule has 0 unspecified atom stereocenters. The minimum atomic E-state index is -0.429. The molecular weight excluding hydrogens is 378 g/mol. The monoisotopic (exact) mass is 395 g/mol. The molecule has 0 bridgehead atoms. The van der Waals surface area contributed by atoms with E-state index >= 15 is 0 Å². The summed E-state index contributed by atoms with van der Waals surface area (Å²) in [4.78, 5) is 11.8. The predicted molar refractivity (Wildman–Crippen MR) is 110 cm³/mol. The van der Waals surface area contributed by atoms with Crippen LogP contribution >= 0.6 is 35.6 Å². The number of nitro groups is 1. The maximum atomic E-state index is 11.2. The molecule has 2 aromatic carbocycles. The molecule has 5 nitrogen and oxygen atoms in total. The van der Waals surface area contributed by atoms with E-state index in [-0.39, 0.29) is 10.8 Å². The quantitative estimate of drug-likeness (QED) is 0.276. The SMILES string of the molecule is CCCSc1ccc([N+](=O)[O-])c(NC(=S)Nc2ccc(C)c(Cl)c2)c1. The van der Waals surface area contributed by atoms with Gasteiger partial charge in [-0.25, -0.2) is 0 Å². The minimum Gasteiger partial charge on any atom is -0.332 e. The fourth-order valence-corrected chi connectivity index (χ4v) is 3.25. The Kier molecular flexibility index (Phi) is 7.04. The van der Waals surface area contributed by atoms with Gasteiger partial charge >= 0.3 is 0 Å². The summed E-state index contributed by atoms with van der Waals surface area (Å²) in [5.74, 6) is 0.946. The first-order valence-electron chi connectivity index (χ1n) is 7.66. The summed E-state index contributed by atoms with van der Waals surface area (Å²) < 4.78 is 0. The number of thiocarbonyl (C=S) groups is 1. The Balaban J connectivity index is 2.17. The lowest BCUT2D eigenvalue weighted by Crippen LogP contribution is -2.19. The highest BCUT2D eigenvalue weighted by molar-refractivity contribution is 7.99. The standard InChI is InChI=1S/C17H18ClN3O2S2/c1-3-8-25-13-6-7-16(21(22)23)15(10-13)20-17(24)19-12-5-4-11(2)14(18)9-12/h4-7,9-10H,3,8H2,1-2H3,(H2,19,20,24). The second kappa shape index (κ2) is 9.03. The number of nitrogens with zero attached hydrogens (tertiary/aromatic N) is 1. The van der Waals surface area contributed by atoms with Crippen LogP contribution in [0.15, 0.2) is 41.3 Å². The van der Waals surface area contributed by atoms with Gasteiger partial charge in [0.1, 0.15) is 5.69 Å². The van der Waals surface area contributed by atoms with E-state index in [2.05, 4.69) is 17.6 Å². The Morgan fingerprint density at radius 3 is 2.68 bits per heavy atom. The van der Waals surface area contributed by atoms with Crippen molar-refractivity contribution in [3.05, 3.63) is 57.1 Å². The van der Waals surface area contributed by atoms with Crippen molar-refractivity contribution in [1.82, 2.24) is 0 Å². The Morgan fingerprint density at radius 2 is 2.04 bits per heavy atom. The molecule has 0 amide bonds. The molecule has 0 aliphatic rings. The molecule has 0 aliphatic heterocycles. The summed E-state index contributed by atoms with van der Waals surface area (Å²) in [5.41, 5.74) is 2.02. The molecule has 0 radical (unpaired) electrons. The Labute approximate surface area is 161 Å². The summed E-state index contributed by atoms with van der Waals surface area (Å²) in [6.07, 6.45) is 1.03. The number of nitro benzene ring substituents is 1. The Hall–Kier alpha value is -1.83. The molecule has 2 N–H and O–H groups in total. The lowest BCUT2D eigenvalue weighted by atomic mass is 10.2. The summed E-state index contributed by atoms with van der Waals surface area (Å²) in [6.45, 7) is 3.99. The second-order valence-corrected chi connectivity index (χ2v) is 7.31. The number of benzene rings is 2. The third-order valence-electron chi connectivity index (χ3n) is 3.32. The van der Waals surface area contributed by atoms with E-state index in [9.17, 15) is 10.1 Å². The first-order chi connectivity index (χ1) is 11.9. The van der Waals surface area contributed by atoms with Gasteiger partial charge in [0.2, 0.25) is 0 Å². The van der Waals surface area contributed by atoms with Crippen molar-refractivity contribution in [2.24, 2.45) is 0 Å². The highest BCUT2D eigenvalue weighted by Crippen LogP contribution is 2.30. The highest BCUT2D eigenvalue weighted by Gasteiger charge is 2.15. The summed E-state index contributed by atoms with van der Waals surface area (Å²) in [7, 11) is 0. The van der Waals surface area contributed by atoms with Crippen LogP contribution in [0, 0.1) is 17.0 Å². The second-order valence-electron chi connectivity index (χ2n) is 5.33. The number of hydrogen-bond donors (Lipinski definition) is 2. The van der Waals surface area contributed by atoms with Crippen LogP contribution in [0.2, 0.25) is 5.02 Å². The zero-order valence-electron chi connectivity index (χ0n) is 13.8. The van der Waals surface area contributed by atoms with Crippen molar-refractivity contribution in [1.29, 1.82) is 0 Å². The summed E-state index contributed by atoms with van der Waals surface area (Å²) >= 11 is 13.0. The van der Waals surface area contributed by atoms with Crippen molar-refractivity contribution in [3.63, 3.8) is 0 Å². The van der Waals surface area contributed by atoms with Gasteiger partial charge in [0.15, 0.2) is 5.11 Å². The van der Waals surface area contributed by atoms with Crippen LogP contribution in [0.1, 0.15) is 18.9 Å². The largest absolute Gasteiger partial charge is 0.332 e. The van der Waals surface area contributed by atoms with E-state index in [1.165, 1.54) is 6.07 Å². The zero-order valence-corrected chi connectivity index (χ0v) is 16.2. The smallest absolute Gasteiger partial charge is 0.292 e. The molecule has 0 saturated heterocycles. The molecule has 132 valence electrons. The lowest BCUT2D eigenvalue weighted by Gasteiger charge is -2.12. The van der Waals surface area contributed by atoms with Gasteiger partial charge in [0.25, 0.3) is 5.69 Å². The topological polar surface area (TPSA) is 67.2 Å². The van der Waals surface area contributed by atoms with Crippen LogP contribution in [0.5, 0.6) is 0 Å². The van der Waals surface area contributed by atoms with E-state index in [1.807, 2.05) is 19.1 Å². The summed E-state index contributed by atoms with van der Waals surface area (Å²) in [5, 5.41) is 18.0. The predicted octanol–water partition coefficient (Wildman–Crippen LogP) is 5.87. The molecule has 25 heavy (non-hydrogen) atoms. The van der Waals surface area contributed by atoms with Crippen molar-refractivity contribution in [2.75, 3.05) is 16.4 Å². The number of anilines is 2. The average Bonchev–Trinajstić information content (AvgIpc) is 2.56. The van der Waals surface area contributed by atoms with Crippen LogP contribution in [-0.4, -0.2) is 15.8 Å². The van der Waals surface area contributed by atoms with Crippen molar-refractivity contribution >= 4 is 57.8 Å². The van der Waals surface area contributed by atoms with Gasteiger partial charge < -0.3 is 10.6 Å². The fraction of sp³-hybridized carbons (Fsp3) is 0.235. The molecule has 0 saturated carbocycles. The van der Waals surface area contributed by atoms with Gasteiger partial charge in [-0.1, -0.05) is 24.6 Å². The third-order valence-corrected chi connectivity index (χ3v) is 5.13. The van der Waals surface area contributed by atoms with E-state index in [0.29, 0.717) is 16.4 Å². The maximum Gasteiger partial charge on any atom is 0.292 e. The molecule has 0 spiro atoms.